The zero-order chi connectivity index (χ0) is 18.9. The van der Waals surface area contributed by atoms with Crippen molar-refractivity contribution in [2.45, 2.75) is 31.4 Å². The summed E-state index contributed by atoms with van der Waals surface area (Å²) in [5, 5.41) is 3.35. The molecule has 0 atom stereocenters. The summed E-state index contributed by atoms with van der Waals surface area (Å²) in [5.41, 5.74) is 2.28. The molecule has 7 nitrogen and oxygen atoms in total. The standard InChI is InChI=1S/C20H26N4O3/c1-24(2)20(7-9-26-10-8-20)13-21-19-22-16-12-27-17-6-4-3-5-14(17)11-15(16)18(25)23-19/h3-6H,7-13H2,1-2H3,(H2,21,22,23,25). The Bertz CT molecular complexity index is 872. The molecule has 3 heterocycles. The van der Waals surface area contributed by atoms with Gasteiger partial charge < -0.3 is 19.7 Å². The van der Waals surface area contributed by atoms with Crippen molar-refractivity contribution < 1.29 is 9.47 Å². The lowest BCUT2D eigenvalue weighted by molar-refractivity contribution is -0.000708. The molecule has 1 saturated heterocycles. The summed E-state index contributed by atoms with van der Waals surface area (Å²) in [6, 6.07) is 7.82. The summed E-state index contributed by atoms with van der Waals surface area (Å²) >= 11 is 0. The Kier molecular flexibility index (Phi) is 4.88. The molecule has 0 saturated carbocycles. The van der Waals surface area contributed by atoms with Crippen LogP contribution in [-0.4, -0.2) is 54.3 Å². The molecule has 1 aromatic carbocycles. The Morgan fingerprint density at radius 3 is 2.81 bits per heavy atom. The molecule has 0 unspecified atom stereocenters. The number of aromatic nitrogens is 2. The van der Waals surface area contributed by atoms with Gasteiger partial charge >= 0.3 is 0 Å². The number of likely N-dealkylation sites (N-methyl/N-ethyl adjacent to an activating group) is 1. The van der Waals surface area contributed by atoms with Crippen LogP contribution in [-0.2, 0) is 17.8 Å². The number of para-hydroxylation sites is 1. The van der Waals surface area contributed by atoms with E-state index in [1.807, 2.05) is 24.3 Å². The first-order chi connectivity index (χ1) is 13.1. The number of nitrogens with one attached hydrogen (secondary N) is 2. The van der Waals surface area contributed by atoms with Crippen molar-refractivity contribution in [3.63, 3.8) is 0 Å². The fourth-order valence-electron chi connectivity index (χ4n) is 3.84. The smallest absolute Gasteiger partial charge is 0.256 e. The number of H-pyrrole nitrogens is 1. The third kappa shape index (κ3) is 3.57. The number of rotatable bonds is 4. The van der Waals surface area contributed by atoms with Crippen LogP contribution < -0.4 is 15.6 Å². The van der Waals surface area contributed by atoms with Gasteiger partial charge in [0.1, 0.15) is 12.4 Å². The van der Waals surface area contributed by atoms with Crippen molar-refractivity contribution in [2.75, 3.05) is 39.2 Å². The highest BCUT2D eigenvalue weighted by molar-refractivity contribution is 5.41. The van der Waals surface area contributed by atoms with E-state index in [0.717, 1.165) is 37.4 Å². The van der Waals surface area contributed by atoms with E-state index in [2.05, 4.69) is 34.3 Å². The molecular weight excluding hydrogens is 344 g/mol. The fraction of sp³-hybridized carbons (Fsp3) is 0.500. The van der Waals surface area contributed by atoms with Gasteiger partial charge in [0, 0.05) is 37.3 Å². The lowest BCUT2D eigenvalue weighted by Crippen LogP contribution is -2.53. The number of hydrogen-bond acceptors (Lipinski definition) is 6. The van der Waals surface area contributed by atoms with Gasteiger partial charge in [-0.3, -0.25) is 9.78 Å². The molecule has 1 fully saturated rings. The van der Waals surface area contributed by atoms with E-state index in [-0.39, 0.29) is 11.1 Å². The molecule has 144 valence electrons. The molecule has 0 aliphatic carbocycles. The Morgan fingerprint density at radius 1 is 1.26 bits per heavy atom. The predicted octanol–water partition coefficient (Wildman–Crippen LogP) is 1.78. The highest BCUT2D eigenvalue weighted by Crippen LogP contribution is 2.27. The van der Waals surface area contributed by atoms with Gasteiger partial charge in [-0.05, 0) is 38.6 Å². The molecule has 2 aliphatic rings. The number of anilines is 1. The van der Waals surface area contributed by atoms with Gasteiger partial charge in [-0.1, -0.05) is 18.2 Å². The average Bonchev–Trinajstić information content (AvgIpc) is 2.87. The van der Waals surface area contributed by atoms with Crippen LogP contribution in [0.2, 0.25) is 0 Å². The summed E-state index contributed by atoms with van der Waals surface area (Å²) in [5.74, 6) is 1.32. The Labute approximate surface area is 158 Å². The van der Waals surface area contributed by atoms with E-state index in [1.54, 1.807) is 0 Å². The van der Waals surface area contributed by atoms with Gasteiger partial charge in [-0.15, -0.1) is 0 Å². The van der Waals surface area contributed by atoms with E-state index < -0.39 is 0 Å². The summed E-state index contributed by atoms with van der Waals surface area (Å²) in [6.45, 7) is 2.50. The van der Waals surface area contributed by atoms with Gasteiger partial charge in [0.25, 0.3) is 5.56 Å². The first kappa shape index (κ1) is 18.0. The summed E-state index contributed by atoms with van der Waals surface area (Å²) in [4.78, 5) is 22.5. The van der Waals surface area contributed by atoms with Crippen LogP contribution in [0.1, 0.15) is 29.7 Å². The maximum Gasteiger partial charge on any atom is 0.256 e. The molecule has 4 rings (SSSR count). The largest absolute Gasteiger partial charge is 0.487 e. The molecule has 0 spiro atoms. The van der Waals surface area contributed by atoms with E-state index in [9.17, 15) is 4.79 Å². The van der Waals surface area contributed by atoms with Gasteiger partial charge in [-0.2, -0.15) is 0 Å². The van der Waals surface area contributed by atoms with Crippen LogP contribution in [0.25, 0.3) is 0 Å². The lowest BCUT2D eigenvalue weighted by atomic mass is 9.88. The molecular formula is C20H26N4O3. The second-order valence-corrected chi connectivity index (χ2v) is 7.50. The third-order valence-electron chi connectivity index (χ3n) is 5.76. The minimum absolute atomic E-state index is 0.00363. The first-order valence-corrected chi connectivity index (χ1v) is 9.39. The normalized spacial score (nSPS) is 18.2. The van der Waals surface area contributed by atoms with E-state index >= 15 is 0 Å². The van der Waals surface area contributed by atoms with Gasteiger partial charge in [0.05, 0.1) is 5.69 Å². The molecule has 7 heteroatoms. The summed E-state index contributed by atoms with van der Waals surface area (Å²) in [7, 11) is 4.18. The van der Waals surface area contributed by atoms with Crippen molar-refractivity contribution in [3.8, 4) is 5.75 Å². The Balaban J connectivity index is 1.56. The van der Waals surface area contributed by atoms with Gasteiger partial charge in [-0.25, -0.2) is 4.98 Å². The van der Waals surface area contributed by atoms with E-state index in [4.69, 9.17) is 9.47 Å². The fourth-order valence-corrected chi connectivity index (χ4v) is 3.84. The first-order valence-electron chi connectivity index (χ1n) is 9.39. The monoisotopic (exact) mass is 370 g/mol. The molecule has 1 aromatic heterocycles. The highest BCUT2D eigenvalue weighted by atomic mass is 16.5. The van der Waals surface area contributed by atoms with Crippen LogP contribution in [0, 0.1) is 0 Å². The van der Waals surface area contributed by atoms with Crippen LogP contribution in [0.3, 0.4) is 0 Å². The number of benzene rings is 1. The van der Waals surface area contributed by atoms with Crippen LogP contribution in [0.15, 0.2) is 29.1 Å². The average molecular weight is 370 g/mol. The van der Waals surface area contributed by atoms with Crippen LogP contribution in [0.5, 0.6) is 5.75 Å². The quantitative estimate of drug-likeness (QED) is 0.854. The van der Waals surface area contributed by atoms with Crippen molar-refractivity contribution in [1.82, 2.24) is 14.9 Å². The summed E-state index contributed by atoms with van der Waals surface area (Å²) < 4.78 is 11.4. The second-order valence-electron chi connectivity index (χ2n) is 7.50. The highest BCUT2D eigenvalue weighted by Gasteiger charge is 2.34. The third-order valence-corrected chi connectivity index (χ3v) is 5.76. The van der Waals surface area contributed by atoms with Crippen molar-refractivity contribution in [3.05, 3.63) is 51.4 Å². The molecule has 2 aliphatic heterocycles. The van der Waals surface area contributed by atoms with Gasteiger partial charge in [0.2, 0.25) is 5.95 Å². The number of fused-ring (bicyclic) bond motifs is 2. The van der Waals surface area contributed by atoms with E-state index in [0.29, 0.717) is 36.8 Å². The Morgan fingerprint density at radius 2 is 2.04 bits per heavy atom. The lowest BCUT2D eigenvalue weighted by Gasteiger charge is -2.42. The maximum atomic E-state index is 12.7. The number of nitrogens with zero attached hydrogens (tertiary/aromatic N) is 2. The number of ether oxygens (including phenoxy) is 2. The molecule has 2 N–H and O–H groups in total. The zero-order valence-electron chi connectivity index (χ0n) is 15.9. The van der Waals surface area contributed by atoms with Crippen molar-refractivity contribution >= 4 is 5.95 Å². The SMILES string of the molecule is CN(C)C1(CNc2nc3c(c(=O)[nH]2)Cc2ccccc2OC3)CCOCC1. The molecule has 2 aromatic rings. The van der Waals surface area contributed by atoms with Crippen molar-refractivity contribution in [1.29, 1.82) is 0 Å². The molecule has 0 radical (unpaired) electrons. The topological polar surface area (TPSA) is 79.5 Å². The Hall–Kier alpha value is -2.38. The van der Waals surface area contributed by atoms with Crippen LogP contribution >= 0.6 is 0 Å². The molecule has 0 amide bonds. The predicted molar refractivity (Wildman–Crippen MR) is 103 cm³/mol. The number of aromatic amines is 1. The molecule has 27 heavy (non-hydrogen) atoms. The van der Waals surface area contributed by atoms with Crippen molar-refractivity contribution in [2.24, 2.45) is 0 Å². The van der Waals surface area contributed by atoms with Gasteiger partial charge in [0.15, 0.2) is 0 Å². The van der Waals surface area contributed by atoms with Crippen LogP contribution in [0.4, 0.5) is 5.95 Å². The number of hydrogen-bond donors (Lipinski definition) is 2. The zero-order valence-corrected chi connectivity index (χ0v) is 15.9. The maximum absolute atomic E-state index is 12.7. The van der Waals surface area contributed by atoms with E-state index in [1.165, 1.54) is 0 Å². The second kappa shape index (κ2) is 7.32. The summed E-state index contributed by atoms with van der Waals surface area (Å²) in [6.07, 6.45) is 2.42. The minimum atomic E-state index is -0.103. The minimum Gasteiger partial charge on any atom is -0.487 e. The molecule has 0 bridgehead atoms.